The van der Waals surface area contributed by atoms with Gasteiger partial charge >= 0.3 is 0 Å². The second-order valence-corrected chi connectivity index (χ2v) is 5.97. The Bertz CT molecular complexity index is 596. The molecule has 0 heterocycles. The van der Waals surface area contributed by atoms with Gasteiger partial charge in [-0.2, -0.15) is 0 Å². The van der Waals surface area contributed by atoms with Gasteiger partial charge in [0.2, 0.25) is 0 Å². The second kappa shape index (κ2) is 7.84. The lowest BCUT2D eigenvalue weighted by molar-refractivity contribution is 0.899. The molecule has 2 aromatic rings. The quantitative estimate of drug-likeness (QED) is 0.652. The number of rotatable bonds is 6. The van der Waals surface area contributed by atoms with Crippen LogP contribution in [0.1, 0.15) is 17.5 Å². The molecule has 0 bridgehead atoms. The van der Waals surface area contributed by atoms with Crippen molar-refractivity contribution in [2.75, 3.05) is 5.32 Å². The van der Waals surface area contributed by atoms with E-state index in [4.69, 9.17) is 0 Å². The fourth-order valence-corrected chi connectivity index (χ4v) is 2.29. The minimum atomic E-state index is 0.241. The van der Waals surface area contributed by atoms with E-state index in [0.29, 0.717) is 0 Å². The summed E-state index contributed by atoms with van der Waals surface area (Å²) in [7, 11) is 0. The normalized spacial score (nSPS) is 12.3. The van der Waals surface area contributed by atoms with Crippen molar-refractivity contribution in [3.05, 3.63) is 82.9 Å². The van der Waals surface area contributed by atoms with Crippen molar-refractivity contribution in [2.24, 2.45) is 0 Å². The van der Waals surface area contributed by atoms with Crippen molar-refractivity contribution in [3.8, 4) is 0 Å². The number of hydrogen-bond donors (Lipinski definition) is 1. The van der Waals surface area contributed by atoms with Gasteiger partial charge in [0.25, 0.3) is 0 Å². The highest BCUT2D eigenvalue weighted by Gasteiger charge is 2.02. The molecule has 1 unspecified atom stereocenters. The van der Waals surface area contributed by atoms with E-state index >= 15 is 0 Å². The van der Waals surface area contributed by atoms with Crippen LogP contribution in [0.5, 0.6) is 0 Å². The molecule has 0 spiro atoms. The summed E-state index contributed by atoms with van der Waals surface area (Å²) in [6, 6.07) is 17.0. The summed E-state index contributed by atoms with van der Waals surface area (Å²) in [4.78, 5) is 0. The SMILES string of the molecule is C=CCC(/C=C/c1ccc(C)cc1)Nc1ccc(Br)cc1. The van der Waals surface area contributed by atoms with Gasteiger partial charge in [-0.25, -0.2) is 0 Å². The number of hydrogen-bond acceptors (Lipinski definition) is 1. The maximum atomic E-state index is 3.84. The summed E-state index contributed by atoms with van der Waals surface area (Å²) in [5, 5.41) is 3.51. The highest BCUT2D eigenvalue weighted by atomic mass is 79.9. The molecule has 2 rings (SSSR count). The zero-order chi connectivity index (χ0) is 15.1. The molecule has 108 valence electrons. The molecule has 0 aliphatic heterocycles. The van der Waals surface area contributed by atoms with Crippen LogP contribution in [-0.4, -0.2) is 6.04 Å². The van der Waals surface area contributed by atoms with E-state index in [1.165, 1.54) is 11.1 Å². The molecule has 0 aliphatic carbocycles. The maximum absolute atomic E-state index is 3.84. The van der Waals surface area contributed by atoms with Crippen LogP contribution in [0.15, 0.2) is 71.7 Å². The van der Waals surface area contributed by atoms with Crippen molar-refractivity contribution in [3.63, 3.8) is 0 Å². The Balaban J connectivity index is 2.06. The number of nitrogens with one attached hydrogen (secondary N) is 1. The average molecular weight is 342 g/mol. The molecular formula is C19H20BrN. The minimum absolute atomic E-state index is 0.241. The summed E-state index contributed by atoms with van der Waals surface area (Å²) in [5.41, 5.74) is 3.61. The third kappa shape index (κ3) is 5.24. The first-order valence-electron chi connectivity index (χ1n) is 7.05. The summed E-state index contributed by atoms with van der Waals surface area (Å²) >= 11 is 3.45. The first-order chi connectivity index (χ1) is 10.2. The summed E-state index contributed by atoms with van der Waals surface area (Å²) < 4.78 is 1.09. The Morgan fingerprint density at radius 2 is 1.76 bits per heavy atom. The lowest BCUT2D eigenvalue weighted by atomic mass is 10.1. The molecule has 1 N–H and O–H groups in total. The van der Waals surface area contributed by atoms with Crippen LogP contribution in [0, 0.1) is 6.92 Å². The topological polar surface area (TPSA) is 12.0 Å². The van der Waals surface area contributed by atoms with Crippen LogP contribution in [0.25, 0.3) is 6.08 Å². The van der Waals surface area contributed by atoms with Crippen molar-refractivity contribution >= 4 is 27.7 Å². The fourth-order valence-electron chi connectivity index (χ4n) is 2.03. The van der Waals surface area contributed by atoms with E-state index in [-0.39, 0.29) is 6.04 Å². The number of anilines is 1. The van der Waals surface area contributed by atoms with Crippen molar-refractivity contribution < 1.29 is 0 Å². The zero-order valence-electron chi connectivity index (χ0n) is 12.2. The highest BCUT2D eigenvalue weighted by Crippen LogP contribution is 2.16. The van der Waals surface area contributed by atoms with Crippen LogP contribution in [0.2, 0.25) is 0 Å². The monoisotopic (exact) mass is 341 g/mol. The van der Waals surface area contributed by atoms with Crippen LogP contribution in [0.3, 0.4) is 0 Å². The molecule has 0 saturated carbocycles. The van der Waals surface area contributed by atoms with Crippen molar-refractivity contribution in [1.82, 2.24) is 0 Å². The standard InChI is InChI=1S/C19H20BrN/c1-3-4-18(21-19-13-10-17(20)11-14-19)12-9-16-7-5-15(2)6-8-16/h3,5-14,18,21H,1,4H2,2H3/b12-9+. The third-order valence-corrected chi connectivity index (χ3v) is 3.74. The van der Waals surface area contributed by atoms with E-state index in [0.717, 1.165) is 16.6 Å². The van der Waals surface area contributed by atoms with Gasteiger partial charge in [0.1, 0.15) is 0 Å². The molecule has 0 aliphatic rings. The molecule has 1 nitrogen and oxygen atoms in total. The van der Waals surface area contributed by atoms with Gasteiger partial charge in [-0.1, -0.05) is 64.0 Å². The zero-order valence-corrected chi connectivity index (χ0v) is 13.8. The predicted molar refractivity (Wildman–Crippen MR) is 96.6 cm³/mol. The highest BCUT2D eigenvalue weighted by molar-refractivity contribution is 9.10. The van der Waals surface area contributed by atoms with Gasteiger partial charge in [-0.3, -0.25) is 0 Å². The van der Waals surface area contributed by atoms with Gasteiger partial charge in [0.05, 0.1) is 0 Å². The Kier molecular flexibility index (Phi) is 5.82. The van der Waals surface area contributed by atoms with Gasteiger partial charge in [0.15, 0.2) is 0 Å². The smallest absolute Gasteiger partial charge is 0.0482 e. The molecule has 0 saturated heterocycles. The van der Waals surface area contributed by atoms with Crippen LogP contribution < -0.4 is 5.32 Å². The van der Waals surface area contributed by atoms with E-state index in [2.05, 4.69) is 83.3 Å². The Labute approximate surface area is 135 Å². The van der Waals surface area contributed by atoms with E-state index in [9.17, 15) is 0 Å². The molecule has 2 heteroatoms. The molecule has 1 atom stereocenters. The van der Waals surface area contributed by atoms with Crippen molar-refractivity contribution in [1.29, 1.82) is 0 Å². The van der Waals surface area contributed by atoms with Crippen LogP contribution in [0.4, 0.5) is 5.69 Å². The second-order valence-electron chi connectivity index (χ2n) is 5.05. The first-order valence-corrected chi connectivity index (χ1v) is 7.84. The van der Waals surface area contributed by atoms with E-state index < -0.39 is 0 Å². The molecule has 21 heavy (non-hydrogen) atoms. The fraction of sp³-hybridized carbons (Fsp3) is 0.158. The molecular weight excluding hydrogens is 322 g/mol. The summed E-state index contributed by atoms with van der Waals surface area (Å²) in [6.07, 6.45) is 7.17. The molecule has 0 radical (unpaired) electrons. The van der Waals surface area contributed by atoms with Gasteiger partial charge in [0, 0.05) is 16.2 Å². The lowest BCUT2D eigenvalue weighted by Gasteiger charge is -2.15. The molecule has 0 fully saturated rings. The molecule has 0 aromatic heterocycles. The lowest BCUT2D eigenvalue weighted by Crippen LogP contribution is -2.15. The number of halogens is 1. The summed E-state index contributed by atoms with van der Waals surface area (Å²) in [6.45, 7) is 5.94. The van der Waals surface area contributed by atoms with Crippen molar-refractivity contribution in [2.45, 2.75) is 19.4 Å². The molecule has 0 amide bonds. The largest absolute Gasteiger partial charge is 0.379 e. The first kappa shape index (κ1) is 15.6. The average Bonchev–Trinajstić information content (AvgIpc) is 2.49. The maximum Gasteiger partial charge on any atom is 0.0482 e. The third-order valence-electron chi connectivity index (χ3n) is 3.22. The van der Waals surface area contributed by atoms with Crippen LogP contribution >= 0.6 is 15.9 Å². The Morgan fingerprint density at radius 1 is 1.10 bits per heavy atom. The van der Waals surface area contributed by atoms with Crippen LogP contribution in [-0.2, 0) is 0 Å². The van der Waals surface area contributed by atoms with Gasteiger partial charge in [-0.15, -0.1) is 6.58 Å². The Morgan fingerprint density at radius 3 is 2.38 bits per heavy atom. The Hall–Kier alpha value is -1.80. The van der Waals surface area contributed by atoms with E-state index in [1.807, 2.05) is 18.2 Å². The van der Waals surface area contributed by atoms with Gasteiger partial charge < -0.3 is 5.32 Å². The van der Waals surface area contributed by atoms with Gasteiger partial charge in [-0.05, 0) is 43.2 Å². The van der Waals surface area contributed by atoms with E-state index in [1.54, 1.807) is 0 Å². The number of benzene rings is 2. The number of aryl methyl sites for hydroxylation is 1. The predicted octanol–water partition coefficient (Wildman–Crippen LogP) is 5.83. The summed E-state index contributed by atoms with van der Waals surface area (Å²) in [5.74, 6) is 0. The molecule has 2 aromatic carbocycles. The minimum Gasteiger partial charge on any atom is -0.379 e.